The molecule has 10 aromatic rings. The molecule has 9 heteroatoms. The first-order chi connectivity index (χ1) is 29.6. The van der Waals surface area contributed by atoms with Crippen LogP contribution in [0.4, 0.5) is 0 Å². The minimum atomic E-state index is 0. The normalized spacial score (nSPS) is 8.75. The second-order valence-corrected chi connectivity index (χ2v) is 15.1. The van der Waals surface area contributed by atoms with Gasteiger partial charge < -0.3 is 74.4 Å². The Bertz CT molecular complexity index is 2310. The van der Waals surface area contributed by atoms with E-state index in [1.165, 1.54) is 105 Å². The third-order valence-corrected chi connectivity index (χ3v) is 10.2. The Morgan fingerprint density at radius 2 is 0.696 bits per heavy atom. The van der Waals surface area contributed by atoms with E-state index >= 15 is 0 Å². The summed E-state index contributed by atoms with van der Waals surface area (Å²) in [6.07, 6.45) is 7.75. The summed E-state index contributed by atoms with van der Waals surface area (Å²) in [4.78, 5) is 0. The molecule has 0 aliphatic carbocycles. The molecule has 0 aliphatic heterocycles. The predicted octanol–water partition coefficient (Wildman–Crippen LogP) is -0.608. The van der Waals surface area contributed by atoms with Gasteiger partial charge >= 0.3 is 78.6 Å². The molecule has 0 spiro atoms. The van der Waals surface area contributed by atoms with Gasteiger partial charge in [0.2, 0.25) is 0 Å². The van der Waals surface area contributed by atoms with Gasteiger partial charge in [-0.2, -0.15) is 83.9 Å². The summed E-state index contributed by atoms with van der Waals surface area (Å²) in [5.74, 6) is 0. The molecule has 10 aromatic carbocycles. The summed E-state index contributed by atoms with van der Waals surface area (Å²) >= 11 is 0. The van der Waals surface area contributed by atoms with Gasteiger partial charge in [0.15, 0.2) is 0 Å². The molecule has 69 heavy (non-hydrogen) atoms. The smallest absolute Gasteiger partial charge is 1.00 e. The zero-order valence-corrected chi connectivity index (χ0v) is 51.9. The molecule has 0 atom stereocenters. The Hall–Kier alpha value is -2.11. The first-order valence-corrected chi connectivity index (χ1v) is 21.7. The second-order valence-electron chi connectivity index (χ2n) is 15.1. The van der Waals surface area contributed by atoms with Crippen molar-refractivity contribution < 1.29 is 153 Å². The standard InChI is InChI=1S/2C16H13.2C9H13.2C5H5.6ClH.3Zr/c2*1-12-10-14-8-5-9-15(16(14)11-12)13-6-3-2-4-7-13;2*1-2-3-6-9-7-4-5-8-9;2*1-2-4-5-3-1;;;;;;;;;/h2*2-11H,1H3;2*4-5,7-8H,2-3,6H2,1H3;2*1-5H;6*1H;;;/q6*-1;;;;;;;3*+4/p-6. The van der Waals surface area contributed by atoms with Crippen molar-refractivity contribution in [1.29, 1.82) is 0 Å². The number of unbranched alkanes of at least 4 members (excludes halogenated alkanes) is 2. The van der Waals surface area contributed by atoms with Crippen molar-refractivity contribution in [2.24, 2.45) is 0 Å². The molecular formula is C60H62Cl6Zr3. The van der Waals surface area contributed by atoms with E-state index in [-0.39, 0.29) is 153 Å². The van der Waals surface area contributed by atoms with E-state index < -0.39 is 0 Å². The van der Waals surface area contributed by atoms with E-state index in [0.717, 1.165) is 0 Å². The molecule has 0 bridgehead atoms. The van der Waals surface area contributed by atoms with Crippen LogP contribution in [-0.2, 0) is 91.5 Å². The van der Waals surface area contributed by atoms with Crippen LogP contribution >= 0.6 is 0 Å². The van der Waals surface area contributed by atoms with Crippen LogP contribution in [0.25, 0.3) is 43.8 Å². The summed E-state index contributed by atoms with van der Waals surface area (Å²) in [5.41, 5.74) is 10.9. The molecular weight excluding hydrogens is 1210 g/mol. The molecule has 0 amide bonds. The SMILES string of the molecule is CCCC[c-]1cccc1.CCCC[c-]1cccc1.Cc1cc2c(-c3ccccc3)cccc2[cH-]1.Cc1cc2c(-c3ccccc3)cccc2[cH-]1.[Cl-].[Cl-].[Cl-].[Cl-].[Cl-].[Cl-].[Zr+4].[Zr+4].[Zr+4].c1cc[cH-]c1.c1cc[cH-]c1. The van der Waals surface area contributed by atoms with Gasteiger partial charge in [-0.3, -0.25) is 0 Å². The van der Waals surface area contributed by atoms with Gasteiger partial charge in [0, 0.05) is 0 Å². The molecule has 0 saturated heterocycles. The minimum Gasteiger partial charge on any atom is -1.00 e. The third kappa shape index (κ3) is 28.1. The predicted molar refractivity (Wildman–Crippen MR) is 265 cm³/mol. The van der Waals surface area contributed by atoms with Crippen molar-refractivity contribution in [1.82, 2.24) is 0 Å². The van der Waals surface area contributed by atoms with Crippen LogP contribution in [0.5, 0.6) is 0 Å². The van der Waals surface area contributed by atoms with Gasteiger partial charge in [-0.05, 0) is 11.1 Å². The van der Waals surface area contributed by atoms with E-state index in [0.29, 0.717) is 0 Å². The summed E-state index contributed by atoms with van der Waals surface area (Å²) < 4.78 is 0. The summed E-state index contributed by atoms with van der Waals surface area (Å²) in [6.45, 7) is 8.75. The van der Waals surface area contributed by atoms with Gasteiger partial charge in [-0.1, -0.05) is 150 Å². The summed E-state index contributed by atoms with van der Waals surface area (Å²) in [7, 11) is 0. The van der Waals surface area contributed by atoms with Gasteiger partial charge in [0.25, 0.3) is 0 Å². The van der Waals surface area contributed by atoms with E-state index in [1.807, 2.05) is 60.7 Å². The summed E-state index contributed by atoms with van der Waals surface area (Å²) in [6, 6.07) is 80.3. The van der Waals surface area contributed by atoms with Crippen LogP contribution in [0.2, 0.25) is 0 Å². The fourth-order valence-electron chi connectivity index (χ4n) is 7.07. The Labute approximate surface area is 509 Å². The van der Waals surface area contributed by atoms with E-state index in [4.69, 9.17) is 0 Å². The Kier molecular flexibility index (Phi) is 50.2. The number of aryl methyl sites for hydroxylation is 4. The fourth-order valence-corrected chi connectivity index (χ4v) is 7.07. The minimum absolute atomic E-state index is 0. The van der Waals surface area contributed by atoms with E-state index in [9.17, 15) is 0 Å². The summed E-state index contributed by atoms with van der Waals surface area (Å²) in [5, 5.41) is 5.37. The Morgan fingerprint density at radius 1 is 0.377 bits per heavy atom. The Balaban J connectivity index is -0.000000242. The first kappa shape index (κ1) is 75.8. The first-order valence-electron chi connectivity index (χ1n) is 21.7. The van der Waals surface area contributed by atoms with Gasteiger partial charge in [-0.15, -0.1) is 69.1 Å². The van der Waals surface area contributed by atoms with E-state index in [1.54, 1.807) is 0 Å². The zero-order chi connectivity index (χ0) is 42.0. The number of hydrogen-bond acceptors (Lipinski definition) is 0. The van der Waals surface area contributed by atoms with Crippen molar-refractivity contribution in [2.45, 2.75) is 66.2 Å². The maximum Gasteiger partial charge on any atom is 4.00 e. The molecule has 0 N–H and O–H groups in total. The molecule has 0 unspecified atom stereocenters. The maximum absolute atomic E-state index is 2.26. The van der Waals surface area contributed by atoms with Gasteiger partial charge in [0.05, 0.1) is 0 Å². The van der Waals surface area contributed by atoms with Crippen molar-refractivity contribution in [2.75, 3.05) is 0 Å². The molecule has 0 nitrogen and oxygen atoms in total. The number of rotatable bonds is 8. The number of benzene rings is 4. The van der Waals surface area contributed by atoms with Crippen LogP contribution in [0, 0.1) is 13.8 Å². The molecule has 10 rings (SSSR count). The number of hydrogen-bond donors (Lipinski definition) is 0. The largest absolute Gasteiger partial charge is 4.00 e. The molecule has 0 radical (unpaired) electrons. The van der Waals surface area contributed by atoms with Crippen LogP contribution < -0.4 is 74.4 Å². The Morgan fingerprint density at radius 3 is 0.971 bits per heavy atom. The van der Waals surface area contributed by atoms with Crippen molar-refractivity contribution in [3.8, 4) is 22.3 Å². The fraction of sp³-hybridized carbons (Fsp3) is 0.167. The van der Waals surface area contributed by atoms with Crippen LogP contribution in [0.1, 0.15) is 61.8 Å². The molecule has 0 fully saturated rings. The van der Waals surface area contributed by atoms with Crippen LogP contribution in [0.15, 0.2) is 231 Å². The van der Waals surface area contributed by atoms with Crippen LogP contribution in [-0.4, -0.2) is 0 Å². The molecule has 0 heterocycles. The topological polar surface area (TPSA) is 0 Å². The van der Waals surface area contributed by atoms with E-state index in [2.05, 4.69) is 198 Å². The van der Waals surface area contributed by atoms with Gasteiger partial charge in [-0.25, -0.2) is 48.5 Å². The van der Waals surface area contributed by atoms with Gasteiger partial charge in [0.1, 0.15) is 0 Å². The van der Waals surface area contributed by atoms with Crippen molar-refractivity contribution >= 4 is 21.5 Å². The maximum atomic E-state index is 2.26. The monoisotopic (exact) mass is 1260 g/mol. The zero-order valence-electron chi connectivity index (χ0n) is 39.9. The molecule has 0 aliphatic rings. The average molecular weight is 1270 g/mol. The van der Waals surface area contributed by atoms with Crippen molar-refractivity contribution in [3.05, 3.63) is 253 Å². The van der Waals surface area contributed by atoms with Crippen molar-refractivity contribution in [3.63, 3.8) is 0 Å². The average Bonchev–Trinajstić information content (AvgIpc) is 4.14. The number of halogens is 6. The third-order valence-electron chi connectivity index (χ3n) is 10.2. The van der Waals surface area contributed by atoms with Crippen LogP contribution in [0.3, 0.4) is 0 Å². The number of fused-ring (bicyclic) bond motifs is 2. The molecule has 0 aromatic heterocycles. The molecule has 356 valence electrons. The quantitative estimate of drug-likeness (QED) is 0.179. The molecule has 0 saturated carbocycles. The second kappa shape index (κ2) is 45.7.